The van der Waals surface area contributed by atoms with Gasteiger partial charge in [-0.2, -0.15) is 0 Å². The van der Waals surface area contributed by atoms with Gasteiger partial charge in [-0.15, -0.1) is 0 Å². The first-order valence-electron chi connectivity index (χ1n) is 8.53. The van der Waals surface area contributed by atoms with Crippen LogP contribution in [-0.2, 0) is 12.8 Å². The molecular formula is C20H16N4O2. The van der Waals surface area contributed by atoms with E-state index < -0.39 is 0 Å². The summed E-state index contributed by atoms with van der Waals surface area (Å²) in [6, 6.07) is 7.54. The highest BCUT2D eigenvalue weighted by Crippen LogP contribution is 2.21. The first kappa shape index (κ1) is 15.0. The number of fused-ring (bicyclic) bond motifs is 4. The van der Waals surface area contributed by atoms with E-state index in [0.717, 1.165) is 11.1 Å². The lowest BCUT2D eigenvalue weighted by molar-refractivity contribution is 0.828. The van der Waals surface area contributed by atoms with Gasteiger partial charge in [0, 0.05) is 36.4 Å². The van der Waals surface area contributed by atoms with Gasteiger partial charge >= 0.3 is 0 Å². The summed E-state index contributed by atoms with van der Waals surface area (Å²) in [6.45, 7) is 3.93. The van der Waals surface area contributed by atoms with E-state index in [1.54, 1.807) is 21.2 Å². The van der Waals surface area contributed by atoms with Crippen molar-refractivity contribution in [3.63, 3.8) is 0 Å². The predicted molar refractivity (Wildman–Crippen MR) is 98.0 cm³/mol. The molecule has 0 amide bonds. The van der Waals surface area contributed by atoms with Gasteiger partial charge in [0.2, 0.25) is 0 Å². The number of aromatic nitrogens is 4. The van der Waals surface area contributed by atoms with E-state index in [9.17, 15) is 9.59 Å². The van der Waals surface area contributed by atoms with Gasteiger partial charge in [0.05, 0.1) is 11.4 Å². The van der Waals surface area contributed by atoms with Crippen LogP contribution in [0.4, 0.5) is 0 Å². The number of nitrogens with zero attached hydrogens (tertiary/aromatic N) is 4. The van der Waals surface area contributed by atoms with Crippen LogP contribution in [0.25, 0.3) is 11.3 Å². The number of hydrogen-bond donors (Lipinski definition) is 0. The summed E-state index contributed by atoms with van der Waals surface area (Å²) >= 11 is 0. The largest absolute Gasteiger partial charge is 0.269 e. The lowest BCUT2D eigenvalue weighted by Gasteiger charge is -2.18. The molecule has 4 heterocycles. The van der Waals surface area contributed by atoms with Gasteiger partial charge in [-0.25, -0.2) is 9.97 Å². The summed E-state index contributed by atoms with van der Waals surface area (Å²) in [5, 5.41) is 0. The van der Waals surface area contributed by atoms with E-state index in [1.165, 1.54) is 0 Å². The quantitative estimate of drug-likeness (QED) is 0.430. The van der Waals surface area contributed by atoms with Gasteiger partial charge in [-0.1, -0.05) is 0 Å². The minimum Gasteiger partial charge on any atom is -0.269 e. The van der Waals surface area contributed by atoms with E-state index in [0.29, 0.717) is 46.7 Å². The molecule has 0 unspecified atom stereocenters. The molecule has 0 bridgehead atoms. The molecule has 0 N–H and O–H groups in total. The fourth-order valence-electron chi connectivity index (χ4n) is 3.63. The third-order valence-corrected chi connectivity index (χ3v) is 5.02. The van der Waals surface area contributed by atoms with Gasteiger partial charge in [0.15, 0.2) is 0 Å². The molecule has 0 fully saturated rings. The molecule has 4 aromatic rings. The molecule has 4 aromatic heterocycles. The second-order valence-corrected chi connectivity index (χ2v) is 6.90. The first-order chi connectivity index (χ1) is 12.5. The highest BCUT2D eigenvalue weighted by molar-refractivity contribution is 5.50. The van der Waals surface area contributed by atoms with Crippen molar-refractivity contribution in [2.24, 2.45) is 0 Å². The Morgan fingerprint density at radius 1 is 0.769 bits per heavy atom. The Kier molecular flexibility index (Phi) is 2.95. The van der Waals surface area contributed by atoms with E-state index in [-0.39, 0.29) is 11.1 Å². The summed E-state index contributed by atoms with van der Waals surface area (Å²) < 4.78 is 3.13. The van der Waals surface area contributed by atoms with E-state index in [2.05, 4.69) is 9.97 Å². The monoisotopic (exact) mass is 344 g/mol. The third-order valence-electron chi connectivity index (χ3n) is 5.02. The molecule has 0 saturated carbocycles. The Hall–Kier alpha value is -3.28. The second kappa shape index (κ2) is 5.11. The molecule has 0 aliphatic heterocycles. The molecule has 0 radical (unpaired) electrons. The second-order valence-electron chi connectivity index (χ2n) is 6.90. The molecule has 128 valence electrons. The van der Waals surface area contributed by atoms with Gasteiger partial charge in [0.25, 0.3) is 11.1 Å². The highest BCUT2D eigenvalue weighted by Gasteiger charge is 2.25. The maximum atomic E-state index is 12.9. The van der Waals surface area contributed by atoms with Crippen LogP contribution in [0.2, 0.25) is 0 Å². The van der Waals surface area contributed by atoms with Crippen LogP contribution in [0, 0.1) is 13.8 Å². The van der Waals surface area contributed by atoms with Crippen LogP contribution in [0.15, 0.2) is 46.2 Å². The smallest absolute Gasteiger partial charge is 0.261 e. The summed E-state index contributed by atoms with van der Waals surface area (Å²) in [6.07, 6.45) is 4.18. The lowest BCUT2D eigenvalue weighted by Crippen LogP contribution is -2.31. The van der Waals surface area contributed by atoms with Crippen LogP contribution in [0.1, 0.15) is 33.6 Å². The molecule has 6 heteroatoms. The van der Waals surface area contributed by atoms with Gasteiger partial charge in [0.1, 0.15) is 11.3 Å². The van der Waals surface area contributed by atoms with Crippen molar-refractivity contribution >= 4 is 11.3 Å². The van der Waals surface area contributed by atoms with Crippen molar-refractivity contribution in [1.29, 1.82) is 0 Å². The maximum Gasteiger partial charge on any atom is 0.261 e. The van der Waals surface area contributed by atoms with Gasteiger partial charge in [-0.3, -0.25) is 18.4 Å². The average molecular weight is 344 g/mol. The molecule has 0 saturated heterocycles. The average Bonchev–Trinajstić information content (AvgIpc) is 2.61. The number of aryl methyl sites for hydroxylation is 2. The predicted octanol–water partition coefficient (Wildman–Crippen LogP) is 1.81. The molecule has 1 aliphatic carbocycles. The fourth-order valence-corrected chi connectivity index (χ4v) is 3.63. The van der Waals surface area contributed by atoms with Crippen molar-refractivity contribution in [1.82, 2.24) is 18.8 Å². The normalized spacial score (nSPS) is 13.0. The van der Waals surface area contributed by atoms with Crippen molar-refractivity contribution in [3.05, 3.63) is 91.0 Å². The standard InChI is InChI=1S/C20H16N4O2/c1-11-3-5-23-17(7-11)21-15-9-14-16(10-13(15)19(23)25)22-18-8-12(2)4-6-24(18)20(14)26/h3-8H,9-10H2,1-2H3. The fraction of sp³-hybridized carbons (Fsp3) is 0.200. The Bertz CT molecular complexity index is 1240. The van der Waals surface area contributed by atoms with Crippen LogP contribution in [0.3, 0.4) is 0 Å². The summed E-state index contributed by atoms with van der Waals surface area (Å²) in [5.41, 5.74) is 5.75. The topological polar surface area (TPSA) is 68.7 Å². The van der Waals surface area contributed by atoms with E-state index in [1.807, 2.05) is 38.1 Å². The van der Waals surface area contributed by atoms with Crippen LogP contribution in [0.5, 0.6) is 0 Å². The molecule has 1 aliphatic rings. The molecule has 0 aromatic carbocycles. The zero-order valence-electron chi connectivity index (χ0n) is 14.5. The van der Waals surface area contributed by atoms with Crippen molar-refractivity contribution in [2.75, 3.05) is 0 Å². The molecular weight excluding hydrogens is 328 g/mol. The number of pyridine rings is 2. The van der Waals surface area contributed by atoms with Crippen LogP contribution < -0.4 is 11.1 Å². The Morgan fingerprint density at radius 3 is 1.62 bits per heavy atom. The zero-order valence-corrected chi connectivity index (χ0v) is 14.5. The summed E-state index contributed by atoms with van der Waals surface area (Å²) in [7, 11) is 0. The number of rotatable bonds is 0. The summed E-state index contributed by atoms with van der Waals surface area (Å²) in [5.74, 6) is 0. The third kappa shape index (κ3) is 2.05. The zero-order chi connectivity index (χ0) is 18.0. The minimum absolute atomic E-state index is 0.0816. The Labute approximate surface area is 148 Å². The van der Waals surface area contributed by atoms with Crippen LogP contribution in [-0.4, -0.2) is 18.8 Å². The maximum absolute atomic E-state index is 12.9. The highest BCUT2D eigenvalue weighted by atomic mass is 16.1. The summed E-state index contributed by atoms with van der Waals surface area (Å²) in [4.78, 5) is 35.1. The molecule has 5 rings (SSSR count). The van der Waals surface area contributed by atoms with Crippen LogP contribution >= 0.6 is 0 Å². The Morgan fingerprint density at radius 2 is 1.19 bits per heavy atom. The number of hydrogen-bond acceptors (Lipinski definition) is 4. The molecule has 6 nitrogen and oxygen atoms in total. The Balaban J connectivity index is 1.79. The van der Waals surface area contributed by atoms with Crippen molar-refractivity contribution in [2.45, 2.75) is 26.7 Å². The molecule has 0 atom stereocenters. The molecule has 26 heavy (non-hydrogen) atoms. The van der Waals surface area contributed by atoms with Crippen molar-refractivity contribution < 1.29 is 0 Å². The van der Waals surface area contributed by atoms with Gasteiger partial charge in [-0.05, 0) is 49.2 Å². The first-order valence-corrected chi connectivity index (χ1v) is 8.53. The van der Waals surface area contributed by atoms with Crippen molar-refractivity contribution in [3.8, 4) is 0 Å². The lowest BCUT2D eigenvalue weighted by atomic mass is 9.94. The van der Waals surface area contributed by atoms with Gasteiger partial charge < -0.3 is 0 Å². The minimum atomic E-state index is -0.0816. The SMILES string of the molecule is Cc1ccn2c(=O)c3c(nc2c1)Cc1c(nc2cc(C)ccn2c1=O)C3. The van der Waals surface area contributed by atoms with E-state index >= 15 is 0 Å². The van der Waals surface area contributed by atoms with E-state index in [4.69, 9.17) is 0 Å². The molecule has 0 spiro atoms.